The fraction of sp³-hybridized carbons (Fsp3) is 0.519. The Morgan fingerprint density at radius 3 is 2.50 bits per heavy atom. The van der Waals surface area contributed by atoms with E-state index in [0.717, 1.165) is 5.69 Å². The summed E-state index contributed by atoms with van der Waals surface area (Å²) in [4.78, 5) is 57.1. The molecule has 0 radical (unpaired) electrons. The largest absolute Gasteiger partial charge is 0.505 e. The third kappa shape index (κ3) is 3.91. The molecule has 0 spiro atoms. The first kappa shape index (κ1) is 27.7. The molecule has 7 atom stereocenters. The Labute approximate surface area is 230 Å². The van der Waals surface area contributed by atoms with E-state index in [0.29, 0.717) is 11.3 Å². The van der Waals surface area contributed by atoms with Crippen molar-refractivity contribution in [1.82, 2.24) is 15.1 Å². The number of aromatic nitrogens is 2. The lowest BCUT2D eigenvalue weighted by Gasteiger charge is -2.55. The third-order valence-electron chi connectivity index (χ3n) is 8.78. The Morgan fingerprint density at radius 2 is 1.93 bits per heavy atom. The minimum atomic E-state index is -2.70. The first-order chi connectivity index (χ1) is 18.8. The molecule has 0 bridgehead atoms. The minimum Gasteiger partial charge on any atom is -0.505 e. The number of hydrogen-bond donors (Lipinski definition) is 6. The lowest BCUT2D eigenvalue weighted by atomic mass is 9.52. The molecular weight excluding hydrogens is 520 g/mol. The highest BCUT2D eigenvalue weighted by Gasteiger charge is 2.69. The van der Waals surface area contributed by atoms with Crippen LogP contribution in [0.3, 0.4) is 0 Å². The number of amides is 1. The topological polar surface area (TPSA) is 202 Å². The van der Waals surface area contributed by atoms with Crippen LogP contribution in [0.25, 0.3) is 0 Å². The van der Waals surface area contributed by atoms with Gasteiger partial charge in [0.25, 0.3) is 0 Å². The molecule has 13 nitrogen and oxygen atoms in total. The van der Waals surface area contributed by atoms with Crippen molar-refractivity contribution < 1.29 is 34.5 Å². The number of phenols is 1. The molecule has 2 saturated carbocycles. The highest BCUT2D eigenvalue weighted by atomic mass is 16.3. The van der Waals surface area contributed by atoms with Crippen molar-refractivity contribution in [1.29, 1.82) is 0 Å². The van der Waals surface area contributed by atoms with Gasteiger partial charge in [0.15, 0.2) is 23.0 Å². The van der Waals surface area contributed by atoms with E-state index in [1.807, 2.05) is 4.90 Å². The smallest absolute Gasteiger partial charge is 0.230 e. The molecule has 1 aromatic carbocycles. The van der Waals surface area contributed by atoms with Gasteiger partial charge in [0.05, 0.1) is 35.5 Å². The fourth-order valence-electron chi connectivity index (χ4n) is 6.98. The van der Waals surface area contributed by atoms with Crippen molar-refractivity contribution >= 4 is 34.6 Å². The fourth-order valence-corrected chi connectivity index (χ4v) is 6.98. The van der Waals surface area contributed by atoms with Crippen molar-refractivity contribution in [2.24, 2.45) is 29.4 Å². The molecule has 1 heterocycles. The number of nitrogens with two attached hydrogens (primary N) is 1. The molecule has 1 aromatic heterocycles. The van der Waals surface area contributed by atoms with Crippen LogP contribution in [-0.2, 0) is 27.3 Å². The molecule has 2 fully saturated rings. The van der Waals surface area contributed by atoms with Gasteiger partial charge in [-0.1, -0.05) is 0 Å². The predicted octanol–water partition coefficient (Wildman–Crippen LogP) is -0.940. The number of benzene rings is 1. The number of carbonyl (C=O) groups excluding carboxylic acids is 4. The van der Waals surface area contributed by atoms with Crippen LogP contribution in [0.2, 0.25) is 0 Å². The lowest BCUT2D eigenvalue weighted by molar-refractivity contribution is -0.190. The van der Waals surface area contributed by atoms with Crippen molar-refractivity contribution in [3.05, 3.63) is 35.2 Å². The molecule has 214 valence electrons. The first-order valence-corrected chi connectivity index (χ1v) is 13.1. The number of phenolic OH excluding ortho intramolecular Hbond substituents is 1. The molecule has 3 aliphatic carbocycles. The summed E-state index contributed by atoms with van der Waals surface area (Å²) in [5.41, 5.74) is 4.91. The summed E-state index contributed by atoms with van der Waals surface area (Å²) in [6.07, 6.45) is 0.324. The summed E-state index contributed by atoms with van der Waals surface area (Å²) >= 11 is 0. The maximum atomic E-state index is 14.0. The predicted molar refractivity (Wildman–Crippen MR) is 143 cm³/mol. The van der Waals surface area contributed by atoms with Gasteiger partial charge in [-0.05, 0) is 50.6 Å². The van der Waals surface area contributed by atoms with Gasteiger partial charge in [-0.2, -0.15) is 5.10 Å². The van der Waals surface area contributed by atoms with Gasteiger partial charge in [-0.15, -0.1) is 0 Å². The zero-order valence-corrected chi connectivity index (χ0v) is 22.7. The van der Waals surface area contributed by atoms with E-state index in [1.165, 1.54) is 0 Å². The van der Waals surface area contributed by atoms with Gasteiger partial charge in [0.2, 0.25) is 5.91 Å². The van der Waals surface area contributed by atoms with Crippen molar-refractivity contribution in [3.63, 3.8) is 0 Å². The van der Waals surface area contributed by atoms with Crippen LogP contribution in [-0.4, -0.2) is 99.6 Å². The number of aliphatic hydroxyl groups excluding tert-OH is 1. The van der Waals surface area contributed by atoms with Crippen LogP contribution in [0.15, 0.2) is 18.3 Å². The number of nitrogens with one attached hydrogen (secondary N) is 2. The van der Waals surface area contributed by atoms with E-state index in [4.69, 9.17) is 5.73 Å². The van der Waals surface area contributed by atoms with Crippen molar-refractivity contribution in [3.8, 4) is 5.75 Å². The molecule has 40 heavy (non-hydrogen) atoms. The SMILES string of the molecule is CN(C)c1cc(NCc2ccn[nH]2)c(O)c2c1C[C@H]1C[C@H]3[C@H](N(C)C)C(O)C(C(N)=O)C(=O)[C@@]3(O)C(=O)C1C2=O. The molecule has 3 aliphatic rings. The number of aromatic amines is 1. The van der Waals surface area contributed by atoms with Crippen molar-refractivity contribution in [2.75, 3.05) is 38.4 Å². The lowest BCUT2D eigenvalue weighted by Crippen LogP contribution is -2.75. The highest BCUT2D eigenvalue weighted by Crippen LogP contribution is 2.53. The van der Waals surface area contributed by atoms with Crippen LogP contribution in [0.5, 0.6) is 5.75 Å². The molecule has 3 unspecified atom stereocenters. The molecule has 5 rings (SSSR count). The number of H-pyrrole nitrogens is 1. The molecule has 13 heteroatoms. The number of aromatic hydroxyl groups is 1. The quantitative estimate of drug-likeness (QED) is 0.190. The monoisotopic (exact) mass is 554 g/mol. The van der Waals surface area contributed by atoms with Crippen LogP contribution in [0.1, 0.15) is 28.0 Å². The second-order valence-corrected chi connectivity index (χ2v) is 11.4. The molecule has 1 amide bonds. The summed E-state index contributed by atoms with van der Waals surface area (Å²) in [6.45, 7) is 0.275. The number of fused-ring (bicyclic) bond motifs is 3. The summed E-state index contributed by atoms with van der Waals surface area (Å²) in [5.74, 6) is -9.33. The van der Waals surface area contributed by atoms with E-state index >= 15 is 0 Å². The number of anilines is 2. The maximum Gasteiger partial charge on any atom is 0.230 e. The number of likely N-dealkylation sites (N-methyl/N-ethyl adjacent to an activating group) is 1. The number of ketones is 3. The van der Waals surface area contributed by atoms with E-state index < -0.39 is 64.7 Å². The average molecular weight is 555 g/mol. The van der Waals surface area contributed by atoms with E-state index in [1.54, 1.807) is 51.4 Å². The Balaban J connectivity index is 1.61. The number of aliphatic hydroxyl groups is 2. The van der Waals surface area contributed by atoms with E-state index in [2.05, 4.69) is 15.5 Å². The molecular formula is C27H34N6O7. The highest BCUT2D eigenvalue weighted by molar-refractivity contribution is 6.26. The second-order valence-electron chi connectivity index (χ2n) is 11.4. The number of rotatable bonds is 6. The Morgan fingerprint density at radius 1 is 1.23 bits per heavy atom. The maximum absolute atomic E-state index is 14.0. The van der Waals surface area contributed by atoms with E-state index in [-0.39, 0.29) is 36.4 Å². The van der Waals surface area contributed by atoms with Crippen molar-refractivity contribution in [2.45, 2.75) is 37.1 Å². The van der Waals surface area contributed by atoms with Crippen LogP contribution in [0, 0.1) is 23.7 Å². The van der Waals surface area contributed by atoms with Crippen LogP contribution in [0.4, 0.5) is 11.4 Å². The standard InChI is InChI=1S/C27H34N6O7/c1-32(2)16-9-15(29-10-12-5-6-30-31-12)21(34)18-13(16)7-11-8-14-20(33(3)4)23(36)19(26(28)39)25(38)27(14,40)24(37)17(11)22(18)35/h5-6,9,11,14,17,19-20,23,29,34,36,40H,7-8,10H2,1-4H3,(H2,28,39)(H,30,31)/t11-,14-,17?,19?,20-,23?,27-/m0/s1. The molecule has 0 saturated heterocycles. The average Bonchev–Trinajstić information content (AvgIpc) is 3.39. The van der Waals surface area contributed by atoms with Gasteiger partial charge in [-0.3, -0.25) is 24.3 Å². The number of carbonyl (C=O) groups is 4. The molecule has 7 N–H and O–H groups in total. The van der Waals surface area contributed by atoms with E-state index in [9.17, 15) is 34.5 Å². The van der Waals surface area contributed by atoms with Gasteiger partial charge in [0.1, 0.15) is 11.7 Å². The molecule has 0 aliphatic heterocycles. The Kier molecular flexibility index (Phi) is 6.71. The van der Waals surface area contributed by atoms with Gasteiger partial charge < -0.3 is 36.2 Å². The second kappa shape index (κ2) is 9.68. The van der Waals surface area contributed by atoms with Gasteiger partial charge >= 0.3 is 0 Å². The zero-order chi connectivity index (χ0) is 29.3. The number of primary amides is 1. The third-order valence-corrected chi connectivity index (χ3v) is 8.78. The van der Waals surface area contributed by atoms with Gasteiger partial charge in [0, 0.05) is 37.9 Å². The molecule has 2 aromatic rings. The number of Topliss-reactive ketones (excluding diaryl/α,β-unsaturated/α-hetero) is 3. The van der Waals surface area contributed by atoms with Gasteiger partial charge in [-0.25, -0.2) is 0 Å². The number of hydrogen-bond acceptors (Lipinski definition) is 11. The normalized spacial score (nSPS) is 31.4. The zero-order valence-electron chi connectivity index (χ0n) is 22.7. The summed E-state index contributed by atoms with van der Waals surface area (Å²) in [6, 6.07) is 2.53. The Bertz CT molecular complexity index is 1390. The summed E-state index contributed by atoms with van der Waals surface area (Å²) < 4.78 is 0. The van der Waals surface area contributed by atoms with Crippen LogP contribution >= 0.6 is 0 Å². The first-order valence-electron chi connectivity index (χ1n) is 13.1. The summed E-state index contributed by atoms with van der Waals surface area (Å²) in [7, 11) is 6.82. The van der Waals surface area contributed by atoms with Crippen LogP contribution < -0.4 is 16.0 Å². The minimum absolute atomic E-state index is 0.0473. The summed E-state index contributed by atoms with van der Waals surface area (Å²) in [5, 5.41) is 43.8. The Hall–Kier alpha value is -3.81. The number of nitrogens with zero attached hydrogens (tertiary/aromatic N) is 3.